The normalized spacial score (nSPS) is 18.1. The molecule has 0 spiro atoms. The quantitative estimate of drug-likeness (QED) is 0.371. The lowest BCUT2D eigenvalue weighted by Gasteiger charge is -2.26. The number of carbonyl (C=O) groups excluding carboxylic acids is 1. The molecule has 0 bridgehead atoms. The first-order chi connectivity index (χ1) is 16.5. The average Bonchev–Trinajstić information content (AvgIpc) is 3.60. The topological polar surface area (TPSA) is 77.7 Å². The molecule has 0 saturated carbocycles. The third kappa shape index (κ3) is 4.40. The number of imidazole rings is 2. The maximum Gasteiger partial charge on any atom is 0.223 e. The monoisotopic (exact) mass is 453 g/mol. The zero-order valence-corrected chi connectivity index (χ0v) is 20.0. The van der Waals surface area contributed by atoms with E-state index in [1.165, 1.54) is 5.56 Å². The number of H-pyrrole nitrogens is 2. The molecule has 5 rings (SSSR count). The van der Waals surface area contributed by atoms with E-state index in [0.717, 1.165) is 46.9 Å². The Morgan fingerprint density at radius 1 is 0.971 bits per heavy atom. The molecule has 3 heterocycles. The van der Waals surface area contributed by atoms with Crippen molar-refractivity contribution in [2.45, 2.75) is 39.7 Å². The zero-order chi connectivity index (χ0) is 23.7. The highest BCUT2D eigenvalue weighted by Crippen LogP contribution is 2.37. The first kappa shape index (κ1) is 22.1. The molecule has 0 aliphatic carbocycles. The fourth-order valence-electron chi connectivity index (χ4n) is 4.84. The Labute approximate surface area is 200 Å². The number of hydrogen-bond acceptors (Lipinski definition) is 3. The number of nitrogens with one attached hydrogen (secondary N) is 2. The van der Waals surface area contributed by atoms with E-state index in [2.05, 4.69) is 84.3 Å². The molecule has 1 aliphatic rings. The third-order valence-electron chi connectivity index (χ3n) is 6.70. The van der Waals surface area contributed by atoms with Crippen molar-refractivity contribution in [3.8, 4) is 33.6 Å². The van der Waals surface area contributed by atoms with Gasteiger partial charge in [0.25, 0.3) is 0 Å². The van der Waals surface area contributed by atoms with Gasteiger partial charge in [0.2, 0.25) is 5.91 Å². The van der Waals surface area contributed by atoms with Crippen LogP contribution in [0.1, 0.15) is 45.5 Å². The van der Waals surface area contributed by atoms with Crippen molar-refractivity contribution in [3.63, 3.8) is 0 Å². The Kier molecular flexibility index (Phi) is 6.05. The van der Waals surface area contributed by atoms with Gasteiger partial charge in [0, 0.05) is 13.0 Å². The van der Waals surface area contributed by atoms with Crippen LogP contribution >= 0.6 is 0 Å². The van der Waals surface area contributed by atoms with Crippen LogP contribution < -0.4 is 0 Å². The summed E-state index contributed by atoms with van der Waals surface area (Å²) in [5.74, 6) is 1.86. The first-order valence-electron chi connectivity index (χ1n) is 12.0. The smallest absolute Gasteiger partial charge is 0.223 e. The average molecular weight is 454 g/mol. The van der Waals surface area contributed by atoms with Crippen molar-refractivity contribution < 1.29 is 4.79 Å². The summed E-state index contributed by atoms with van der Waals surface area (Å²) in [5.41, 5.74) is 6.52. The summed E-state index contributed by atoms with van der Waals surface area (Å²) in [6, 6.07) is 17.0. The van der Waals surface area contributed by atoms with Crippen molar-refractivity contribution in [2.75, 3.05) is 6.54 Å². The number of likely N-dealkylation sites (tertiary alicyclic amines) is 1. The predicted octanol–water partition coefficient (Wildman–Crippen LogP) is 6.09. The van der Waals surface area contributed by atoms with Crippen LogP contribution in [0.4, 0.5) is 0 Å². The van der Waals surface area contributed by atoms with Crippen molar-refractivity contribution in [2.24, 2.45) is 11.8 Å². The maximum atomic E-state index is 12.8. The minimum Gasteiger partial charge on any atom is -0.345 e. The van der Waals surface area contributed by atoms with Crippen LogP contribution in [0.3, 0.4) is 0 Å². The van der Waals surface area contributed by atoms with Gasteiger partial charge in [-0.2, -0.15) is 0 Å². The van der Waals surface area contributed by atoms with Crippen LogP contribution in [0, 0.1) is 11.8 Å². The number of benzene rings is 2. The summed E-state index contributed by atoms with van der Waals surface area (Å²) in [4.78, 5) is 30.2. The molecule has 6 heteroatoms. The van der Waals surface area contributed by atoms with Crippen LogP contribution in [0.5, 0.6) is 0 Å². The van der Waals surface area contributed by atoms with Gasteiger partial charge in [-0.3, -0.25) is 4.79 Å². The van der Waals surface area contributed by atoms with Crippen molar-refractivity contribution in [3.05, 3.63) is 73.1 Å². The Bertz CT molecular complexity index is 1240. The number of rotatable bonds is 6. The summed E-state index contributed by atoms with van der Waals surface area (Å²) in [6.45, 7) is 7.20. The molecule has 1 aliphatic heterocycles. The van der Waals surface area contributed by atoms with Crippen LogP contribution in [0.2, 0.25) is 0 Å². The van der Waals surface area contributed by atoms with Gasteiger partial charge in [-0.05, 0) is 40.5 Å². The standard InChI is InChI=1S/C28H31N5O/c1-18(2)14-26(34)33-13-12-19(3)27(33)28-30-16-25(32-28)23-10-6-21(7-11-23)20-4-8-22(9-5-20)24-15-29-17-31-24/h4-11,15-19,27H,12-14H2,1-3H3,(H,29,31)(H,30,32)/t19-,27-/m0/s1. The maximum absolute atomic E-state index is 12.8. The second-order valence-corrected chi connectivity index (χ2v) is 9.70. The molecule has 0 unspecified atom stereocenters. The molecule has 1 amide bonds. The minimum atomic E-state index is 0.0210. The van der Waals surface area contributed by atoms with E-state index in [1.54, 1.807) is 6.33 Å². The van der Waals surface area contributed by atoms with Gasteiger partial charge in [0.1, 0.15) is 5.82 Å². The predicted molar refractivity (Wildman–Crippen MR) is 135 cm³/mol. The van der Waals surface area contributed by atoms with Gasteiger partial charge in [0.05, 0.1) is 36.2 Å². The van der Waals surface area contributed by atoms with Gasteiger partial charge in [-0.15, -0.1) is 0 Å². The Hall–Kier alpha value is -3.67. The first-order valence-corrected chi connectivity index (χ1v) is 12.0. The van der Waals surface area contributed by atoms with Crippen molar-refractivity contribution in [1.29, 1.82) is 0 Å². The Morgan fingerprint density at radius 2 is 1.59 bits per heavy atom. The highest BCUT2D eigenvalue weighted by atomic mass is 16.2. The molecular weight excluding hydrogens is 422 g/mol. The van der Waals surface area contributed by atoms with Crippen molar-refractivity contribution >= 4 is 5.91 Å². The van der Waals surface area contributed by atoms with E-state index < -0.39 is 0 Å². The Balaban J connectivity index is 1.33. The lowest BCUT2D eigenvalue weighted by molar-refractivity contribution is -0.133. The van der Waals surface area contributed by atoms with Gasteiger partial charge in [-0.1, -0.05) is 69.3 Å². The molecule has 2 atom stereocenters. The summed E-state index contributed by atoms with van der Waals surface area (Å²) < 4.78 is 0. The number of aromatic amines is 2. The van der Waals surface area contributed by atoms with E-state index in [1.807, 2.05) is 17.3 Å². The van der Waals surface area contributed by atoms with Crippen LogP contribution in [-0.2, 0) is 4.79 Å². The van der Waals surface area contributed by atoms with Crippen molar-refractivity contribution in [1.82, 2.24) is 24.8 Å². The minimum absolute atomic E-state index is 0.0210. The Morgan fingerprint density at radius 3 is 2.18 bits per heavy atom. The van der Waals surface area contributed by atoms with E-state index in [9.17, 15) is 4.79 Å². The van der Waals surface area contributed by atoms with Gasteiger partial charge in [0.15, 0.2) is 0 Å². The van der Waals surface area contributed by atoms with Gasteiger partial charge < -0.3 is 14.9 Å². The highest BCUT2D eigenvalue weighted by molar-refractivity contribution is 5.77. The zero-order valence-electron chi connectivity index (χ0n) is 20.0. The summed E-state index contributed by atoms with van der Waals surface area (Å²) in [5, 5.41) is 0. The van der Waals surface area contributed by atoms with Gasteiger partial charge >= 0.3 is 0 Å². The number of nitrogens with zero attached hydrogens (tertiary/aromatic N) is 3. The molecule has 174 valence electrons. The molecule has 4 aromatic rings. The third-order valence-corrected chi connectivity index (χ3v) is 6.70. The second kappa shape index (κ2) is 9.29. The molecule has 0 radical (unpaired) electrons. The molecule has 2 aromatic heterocycles. The van der Waals surface area contributed by atoms with E-state index >= 15 is 0 Å². The summed E-state index contributed by atoms with van der Waals surface area (Å²) in [6.07, 6.45) is 7.00. The number of hydrogen-bond donors (Lipinski definition) is 2. The lowest BCUT2D eigenvalue weighted by Crippen LogP contribution is -2.33. The fraction of sp³-hybridized carbons (Fsp3) is 0.321. The van der Waals surface area contributed by atoms with E-state index in [-0.39, 0.29) is 11.9 Å². The molecule has 2 N–H and O–H groups in total. The second-order valence-electron chi connectivity index (χ2n) is 9.70. The van der Waals surface area contributed by atoms with Crippen LogP contribution in [-0.4, -0.2) is 37.3 Å². The molecule has 1 fully saturated rings. The molecular formula is C28H31N5O. The summed E-state index contributed by atoms with van der Waals surface area (Å²) in [7, 11) is 0. The largest absolute Gasteiger partial charge is 0.345 e. The fourth-order valence-corrected chi connectivity index (χ4v) is 4.84. The van der Waals surface area contributed by atoms with Crippen LogP contribution in [0.15, 0.2) is 67.3 Å². The number of amides is 1. The van der Waals surface area contributed by atoms with E-state index in [0.29, 0.717) is 18.3 Å². The van der Waals surface area contributed by atoms with E-state index in [4.69, 9.17) is 4.98 Å². The van der Waals surface area contributed by atoms with Crippen LogP contribution in [0.25, 0.3) is 33.6 Å². The molecule has 34 heavy (non-hydrogen) atoms. The SMILES string of the molecule is CC(C)CC(=O)N1CC[C@H](C)[C@H]1c1ncc(-c2ccc(-c3ccc(-c4cnc[nH]4)cc3)cc2)[nH]1. The summed E-state index contributed by atoms with van der Waals surface area (Å²) >= 11 is 0. The molecule has 6 nitrogen and oxygen atoms in total. The number of aromatic nitrogens is 4. The highest BCUT2D eigenvalue weighted by Gasteiger charge is 2.37. The number of carbonyl (C=O) groups is 1. The lowest BCUT2D eigenvalue weighted by atomic mass is 10.0. The molecule has 2 aromatic carbocycles. The molecule has 1 saturated heterocycles. The van der Waals surface area contributed by atoms with Gasteiger partial charge in [-0.25, -0.2) is 9.97 Å².